The van der Waals surface area contributed by atoms with Gasteiger partial charge in [-0.2, -0.15) is 0 Å². The molecule has 4 nitrogen and oxygen atoms in total. The lowest BCUT2D eigenvalue weighted by molar-refractivity contribution is 0.0650. The lowest BCUT2D eigenvalue weighted by Crippen LogP contribution is -2.03. The Hall–Kier alpha value is -1.10. The summed E-state index contributed by atoms with van der Waals surface area (Å²) in [6, 6.07) is 8.71. The van der Waals surface area contributed by atoms with Crippen molar-refractivity contribution in [1.29, 1.82) is 0 Å². The molecule has 0 saturated carbocycles. The number of ether oxygens (including phenoxy) is 1. The summed E-state index contributed by atoms with van der Waals surface area (Å²) in [5, 5.41) is 24.8. The van der Waals surface area contributed by atoms with E-state index in [9.17, 15) is 0 Å². The Kier molecular flexibility index (Phi) is 9.20. The molecule has 0 aliphatic carbocycles. The first-order chi connectivity index (χ1) is 6.81. The third kappa shape index (κ3) is 8.99. The fourth-order valence-corrected chi connectivity index (χ4v) is 0.659. The maximum Gasteiger partial charge on any atom is 0.115 e. The molecule has 0 heterocycles. The zero-order valence-electron chi connectivity index (χ0n) is 7.97. The van der Waals surface area contributed by atoms with Gasteiger partial charge in [0.2, 0.25) is 0 Å². The Morgan fingerprint density at radius 1 is 0.929 bits per heavy atom. The van der Waals surface area contributed by atoms with Crippen LogP contribution in [0, 0.1) is 0 Å². The second-order valence-corrected chi connectivity index (χ2v) is 2.40. The first-order valence-corrected chi connectivity index (χ1v) is 4.34. The lowest BCUT2D eigenvalue weighted by atomic mass is 10.3. The summed E-state index contributed by atoms with van der Waals surface area (Å²) < 4.78 is 4.63. The largest absolute Gasteiger partial charge is 0.508 e. The molecule has 1 aromatic carbocycles. The Balaban J connectivity index is 0.000000241. The first kappa shape index (κ1) is 12.9. The van der Waals surface area contributed by atoms with Crippen molar-refractivity contribution in [3.63, 3.8) is 0 Å². The van der Waals surface area contributed by atoms with Gasteiger partial charge in [-0.15, -0.1) is 0 Å². The molecule has 0 aliphatic rings. The minimum atomic E-state index is 0.0278. The molecule has 0 aliphatic heterocycles. The molecule has 4 heteroatoms. The van der Waals surface area contributed by atoms with Gasteiger partial charge in [-0.05, 0) is 12.1 Å². The van der Waals surface area contributed by atoms with Gasteiger partial charge in [-0.3, -0.25) is 0 Å². The fraction of sp³-hybridized carbons (Fsp3) is 0.400. The zero-order chi connectivity index (χ0) is 10.6. The van der Waals surface area contributed by atoms with E-state index in [-0.39, 0.29) is 13.2 Å². The van der Waals surface area contributed by atoms with Crippen LogP contribution in [0.3, 0.4) is 0 Å². The van der Waals surface area contributed by atoms with Gasteiger partial charge in [-0.25, -0.2) is 0 Å². The van der Waals surface area contributed by atoms with Crippen LogP contribution in [0.5, 0.6) is 5.75 Å². The Morgan fingerprint density at radius 2 is 1.43 bits per heavy atom. The van der Waals surface area contributed by atoms with Crippen molar-refractivity contribution in [1.82, 2.24) is 0 Å². The fourth-order valence-electron chi connectivity index (χ4n) is 0.659. The second kappa shape index (κ2) is 9.98. The molecule has 0 unspecified atom stereocenters. The van der Waals surface area contributed by atoms with E-state index < -0.39 is 0 Å². The van der Waals surface area contributed by atoms with Crippen LogP contribution in [-0.4, -0.2) is 41.7 Å². The van der Waals surface area contributed by atoms with Crippen molar-refractivity contribution >= 4 is 0 Å². The number of aliphatic hydroxyl groups is 2. The zero-order valence-corrected chi connectivity index (χ0v) is 7.97. The molecule has 1 aromatic rings. The Labute approximate surface area is 83.4 Å². The molecule has 0 fully saturated rings. The van der Waals surface area contributed by atoms with Crippen LogP contribution in [0.4, 0.5) is 0 Å². The highest BCUT2D eigenvalue weighted by Gasteiger charge is 1.79. The predicted octanol–water partition coefficient (Wildman–Crippen LogP) is 0.380. The van der Waals surface area contributed by atoms with Crippen molar-refractivity contribution in [3.05, 3.63) is 30.3 Å². The quantitative estimate of drug-likeness (QED) is 0.614. The van der Waals surface area contributed by atoms with E-state index >= 15 is 0 Å². The summed E-state index contributed by atoms with van der Waals surface area (Å²) in [4.78, 5) is 0. The maximum atomic E-state index is 8.63. The van der Waals surface area contributed by atoms with E-state index in [0.717, 1.165) is 0 Å². The minimum absolute atomic E-state index is 0.0278. The highest BCUT2D eigenvalue weighted by Crippen LogP contribution is 2.02. The van der Waals surface area contributed by atoms with Crippen LogP contribution >= 0.6 is 0 Å². The molecule has 0 saturated heterocycles. The lowest BCUT2D eigenvalue weighted by Gasteiger charge is -1.94. The molecule has 0 radical (unpaired) electrons. The highest BCUT2D eigenvalue weighted by atomic mass is 16.5. The number of aromatic hydroxyl groups is 1. The van der Waals surface area contributed by atoms with E-state index in [4.69, 9.17) is 15.3 Å². The molecule has 0 bridgehead atoms. The summed E-state index contributed by atoms with van der Waals surface area (Å²) in [5.41, 5.74) is 0. The van der Waals surface area contributed by atoms with Gasteiger partial charge in [0.25, 0.3) is 0 Å². The summed E-state index contributed by atoms with van der Waals surface area (Å²) in [6.07, 6.45) is 0. The van der Waals surface area contributed by atoms with Crippen LogP contribution in [0.25, 0.3) is 0 Å². The van der Waals surface area contributed by atoms with Gasteiger partial charge in [-0.1, -0.05) is 18.2 Å². The highest BCUT2D eigenvalue weighted by molar-refractivity contribution is 5.18. The van der Waals surface area contributed by atoms with Crippen LogP contribution < -0.4 is 0 Å². The Bertz CT molecular complexity index is 197. The van der Waals surface area contributed by atoms with Gasteiger partial charge in [0.15, 0.2) is 0 Å². The van der Waals surface area contributed by atoms with Crippen LogP contribution in [0.15, 0.2) is 30.3 Å². The molecule has 1 rings (SSSR count). The number of phenolic OH excluding ortho intramolecular Hbond substituents is 1. The van der Waals surface area contributed by atoms with Crippen LogP contribution in [-0.2, 0) is 4.74 Å². The molecule has 0 amide bonds. The van der Waals surface area contributed by atoms with E-state index in [2.05, 4.69) is 4.74 Å². The van der Waals surface area contributed by atoms with Crippen LogP contribution in [0.2, 0.25) is 0 Å². The molecule has 0 spiro atoms. The van der Waals surface area contributed by atoms with E-state index in [1.807, 2.05) is 6.07 Å². The first-order valence-electron chi connectivity index (χ1n) is 4.34. The smallest absolute Gasteiger partial charge is 0.115 e. The molecular weight excluding hydrogens is 184 g/mol. The summed E-state index contributed by atoms with van der Waals surface area (Å²) in [6.45, 7) is 0.696. The van der Waals surface area contributed by atoms with Gasteiger partial charge in [0.1, 0.15) is 5.75 Å². The monoisotopic (exact) mass is 200 g/mol. The topological polar surface area (TPSA) is 69.9 Å². The number of para-hydroxylation sites is 1. The Morgan fingerprint density at radius 3 is 1.71 bits per heavy atom. The van der Waals surface area contributed by atoms with Crippen molar-refractivity contribution < 1.29 is 20.1 Å². The van der Waals surface area contributed by atoms with Crippen molar-refractivity contribution in [2.24, 2.45) is 0 Å². The van der Waals surface area contributed by atoms with Crippen molar-refractivity contribution in [3.8, 4) is 5.75 Å². The van der Waals surface area contributed by atoms with Crippen LogP contribution in [0.1, 0.15) is 0 Å². The average Bonchev–Trinajstić information content (AvgIpc) is 2.21. The van der Waals surface area contributed by atoms with Crippen molar-refractivity contribution in [2.45, 2.75) is 0 Å². The number of hydrogen-bond acceptors (Lipinski definition) is 4. The molecule has 0 aromatic heterocycles. The van der Waals surface area contributed by atoms with Gasteiger partial charge >= 0.3 is 0 Å². The molecule has 80 valence electrons. The van der Waals surface area contributed by atoms with E-state index in [1.165, 1.54) is 0 Å². The summed E-state index contributed by atoms with van der Waals surface area (Å²) in [7, 11) is 0. The SMILES string of the molecule is OCCOCCO.Oc1ccccc1. The number of hydrogen-bond donors (Lipinski definition) is 3. The van der Waals surface area contributed by atoms with Crippen molar-refractivity contribution in [2.75, 3.05) is 26.4 Å². The second-order valence-electron chi connectivity index (χ2n) is 2.40. The summed E-state index contributed by atoms with van der Waals surface area (Å²) >= 11 is 0. The van der Waals surface area contributed by atoms with Gasteiger partial charge in [0, 0.05) is 0 Å². The third-order valence-corrected chi connectivity index (χ3v) is 1.23. The van der Waals surface area contributed by atoms with E-state index in [1.54, 1.807) is 24.3 Å². The third-order valence-electron chi connectivity index (χ3n) is 1.23. The predicted molar refractivity (Wildman–Crippen MR) is 53.1 cm³/mol. The van der Waals surface area contributed by atoms with E-state index in [0.29, 0.717) is 19.0 Å². The number of benzene rings is 1. The standard InChI is InChI=1S/C6H6O.C4H10O3/c7-6-4-2-1-3-5-6;5-1-3-7-4-2-6/h1-5,7H;5-6H,1-4H2. The minimum Gasteiger partial charge on any atom is -0.508 e. The number of phenols is 1. The average molecular weight is 200 g/mol. The maximum absolute atomic E-state index is 8.63. The molecule has 3 N–H and O–H groups in total. The number of rotatable bonds is 4. The molecule has 0 atom stereocenters. The molecular formula is C10H16O4. The normalized spacial score (nSPS) is 9.00. The van der Waals surface area contributed by atoms with Gasteiger partial charge in [0.05, 0.1) is 26.4 Å². The summed E-state index contributed by atoms with van der Waals surface area (Å²) in [5.74, 6) is 0.322. The molecule has 14 heavy (non-hydrogen) atoms. The number of aliphatic hydroxyl groups excluding tert-OH is 2. The van der Waals surface area contributed by atoms with Gasteiger partial charge < -0.3 is 20.1 Å².